The number of aromatic nitrogens is 2. The summed E-state index contributed by atoms with van der Waals surface area (Å²) in [6.07, 6.45) is 0.265. The summed E-state index contributed by atoms with van der Waals surface area (Å²) in [5, 5.41) is 0. The van der Waals surface area contributed by atoms with E-state index in [1.807, 2.05) is 0 Å². The lowest BCUT2D eigenvalue weighted by Crippen LogP contribution is -2.30. The molecule has 3 nitrogen and oxygen atoms in total. The van der Waals surface area contributed by atoms with Crippen molar-refractivity contribution in [2.75, 3.05) is 7.05 Å². The molecule has 0 aliphatic rings. The van der Waals surface area contributed by atoms with Gasteiger partial charge in [-0.3, -0.25) is 0 Å². The van der Waals surface area contributed by atoms with Crippen LogP contribution in [0.2, 0.25) is 0 Å². The number of thiol groups is 1. The van der Waals surface area contributed by atoms with Gasteiger partial charge in [-0.25, -0.2) is 23.1 Å². The van der Waals surface area contributed by atoms with E-state index in [0.29, 0.717) is 16.4 Å². The molecular weight excluding hydrogens is 325 g/mol. The molecule has 0 aliphatic heterocycles. The zero-order valence-corrected chi connectivity index (χ0v) is 12.2. The van der Waals surface area contributed by atoms with Crippen LogP contribution in [-0.2, 0) is 0 Å². The van der Waals surface area contributed by atoms with Gasteiger partial charge in [-0.15, -0.1) is 0 Å². The SMILES string of the molecule is CN(S)C(c1ccc(F)c(F)c1)C(F)(F)F.c1cncnc1. The van der Waals surface area contributed by atoms with E-state index in [0.717, 1.165) is 13.1 Å². The summed E-state index contributed by atoms with van der Waals surface area (Å²) < 4.78 is 63.7. The maximum atomic E-state index is 12.8. The third kappa shape index (κ3) is 5.57. The maximum Gasteiger partial charge on any atom is 0.408 e. The molecule has 22 heavy (non-hydrogen) atoms. The van der Waals surface area contributed by atoms with Crippen LogP contribution < -0.4 is 0 Å². The summed E-state index contributed by atoms with van der Waals surface area (Å²) in [5.41, 5.74) is -0.399. The Morgan fingerprint density at radius 1 is 1.09 bits per heavy atom. The zero-order chi connectivity index (χ0) is 16.8. The lowest BCUT2D eigenvalue weighted by Gasteiger charge is -2.25. The highest BCUT2D eigenvalue weighted by Gasteiger charge is 2.43. The monoisotopic (exact) mass is 337 g/mol. The Morgan fingerprint density at radius 3 is 2.00 bits per heavy atom. The molecule has 1 aromatic carbocycles. The lowest BCUT2D eigenvalue weighted by molar-refractivity contribution is -0.169. The van der Waals surface area contributed by atoms with Crippen molar-refractivity contribution in [3.63, 3.8) is 0 Å². The van der Waals surface area contributed by atoms with Crippen molar-refractivity contribution in [3.05, 3.63) is 60.2 Å². The van der Waals surface area contributed by atoms with Crippen molar-refractivity contribution < 1.29 is 22.0 Å². The minimum Gasteiger partial charge on any atom is -0.245 e. The minimum absolute atomic E-state index is 0.399. The second kappa shape index (κ2) is 8.04. The van der Waals surface area contributed by atoms with Gasteiger partial charge in [-0.05, 0) is 30.8 Å². The maximum absolute atomic E-state index is 12.8. The van der Waals surface area contributed by atoms with E-state index in [2.05, 4.69) is 22.8 Å². The van der Waals surface area contributed by atoms with E-state index >= 15 is 0 Å². The molecule has 1 unspecified atom stereocenters. The van der Waals surface area contributed by atoms with Crippen molar-refractivity contribution >= 4 is 12.8 Å². The Morgan fingerprint density at radius 2 is 1.68 bits per heavy atom. The van der Waals surface area contributed by atoms with Gasteiger partial charge < -0.3 is 0 Å². The number of benzene rings is 1. The quantitative estimate of drug-likeness (QED) is 0.667. The van der Waals surface area contributed by atoms with Gasteiger partial charge in [0.1, 0.15) is 12.4 Å². The second-order valence-corrected chi connectivity index (χ2v) is 4.73. The Hall–Kier alpha value is -1.74. The predicted molar refractivity (Wildman–Crippen MR) is 73.9 cm³/mol. The molecule has 1 heterocycles. The fourth-order valence-electron chi connectivity index (χ4n) is 1.55. The molecule has 0 N–H and O–H groups in total. The normalized spacial score (nSPS) is 12.5. The van der Waals surface area contributed by atoms with E-state index in [9.17, 15) is 22.0 Å². The highest BCUT2D eigenvalue weighted by atomic mass is 32.1. The van der Waals surface area contributed by atoms with Gasteiger partial charge in [0.05, 0.1) is 0 Å². The van der Waals surface area contributed by atoms with Crippen LogP contribution >= 0.6 is 12.8 Å². The highest BCUT2D eigenvalue weighted by molar-refractivity contribution is 7.77. The van der Waals surface area contributed by atoms with Crippen LogP contribution in [0.25, 0.3) is 0 Å². The Bertz CT molecular complexity index is 551. The molecular formula is C13H12F5N3S. The molecule has 0 aliphatic carbocycles. The molecule has 0 saturated carbocycles. The Labute approximate surface area is 129 Å². The van der Waals surface area contributed by atoms with Crippen molar-refractivity contribution in [3.8, 4) is 0 Å². The Kier molecular flexibility index (Phi) is 6.69. The second-order valence-electron chi connectivity index (χ2n) is 4.10. The number of hydrogen-bond donors (Lipinski definition) is 1. The van der Waals surface area contributed by atoms with Crippen LogP contribution in [0.1, 0.15) is 11.6 Å². The van der Waals surface area contributed by atoms with Crippen molar-refractivity contribution in [1.82, 2.24) is 14.3 Å². The van der Waals surface area contributed by atoms with E-state index in [4.69, 9.17) is 0 Å². The van der Waals surface area contributed by atoms with E-state index in [1.165, 1.54) is 6.33 Å². The molecule has 2 rings (SSSR count). The van der Waals surface area contributed by atoms with Gasteiger partial charge in [0.15, 0.2) is 11.6 Å². The molecule has 0 fully saturated rings. The number of hydrogen-bond acceptors (Lipinski definition) is 4. The first-order chi connectivity index (χ1) is 10.2. The van der Waals surface area contributed by atoms with Gasteiger partial charge in [0.2, 0.25) is 0 Å². The summed E-state index contributed by atoms with van der Waals surface area (Å²) in [6.45, 7) is 0. The Balaban J connectivity index is 0.000000335. The average Bonchev–Trinajstić information content (AvgIpc) is 2.43. The first-order valence-electron chi connectivity index (χ1n) is 5.87. The number of alkyl halides is 3. The predicted octanol–water partition coefficient (Wildman–Crippen LogP) is 3.82. The number of halogens is 5. The van der Waals surface area contributed by atoms with Crippen molar-refractivity contribution in [1.29, 1.82) is 0 Å². The summed E-state index contributed by atoms with van der Waals surface area (Å²) in [4.78, 5) is 7.35. The molecule has 0 saturated heterocycles. The molecule has 9 heteroatoms. The standard InChI is InChI=1S/C9H8F5NS.C4H4N2/c1-15(16)8(9(12,13)14)5-2-3-6(10)7(11)4-5;1-2-5-4-6-3-1/h2-4,8,16H,1H3;1-4H. The average molecular weight is 337 g/mol. The summed E-state index contributed by atoms with van der Waals surface area (Å²) in [6, 6.07) is 1.75. The topological polar surface area (TPSA) is 29.0 Å². The summed E-state index contributed by atoms with van der Waals surface area (Å²) in [7, 11) is 1.09. The number of nitrogens with zero attached hydrogens (tertiary/aromatic N) is 3. The minimum atomic E-state index is -4.61. The van der Waals surface area contributed by atoms with Crippen LogP contribution in [0.5, 0.6) is 0 Å². The van der Waals surface area contributed by atoms with E-state index in [1.54, 1.807) is 18.5 Å². The smallest absolute Gasteiger partial charge is 0.245 e. The van der Waals surface area contributed by atoms with E-state index in [-0.39, 0.29) is 0 Å². The summed E-state index contributed by atoms with van der Waals surface area (Å²) in [5.74, 6) is -2.51. The van der Waals surface area contributed by atoms with Crippen LogP contribution in [0.3, 0.4) is 0 Å². The molecule has 0 radical (unpaired) electrons. The van der Waals surface area contributed by atoms with Gasteiger partial charge in [0.25, 0.3) is 0 Å². The third-order valence-corrected chi connectivity index (χ3v) is 2.65. The largest absolute Gasteiger partial charge is 0.408 e. The van der Waals surface area contributed by atoms with Crippen LogP contribution in [0, 0.1) is 11.6 Å². The lowest BCUT2D eigenvalue weighted by atomic mass is 10.1. The molecule has 120 valence electrons. The van der Waals surface area contributed by atoms with Crippen LogP contribution in [-0.4, -0.2) is 27.5 Å². The number of rotatable bonds is 2. The van der Waals surface area contributed by atoms with Crippen LogP contribution in [0.4, 0.5) is 22.0 Å². The third-order valence-electron chi connectivity index (χ3n) is 2.42. The first kappa shape index (κ1) is 18.3. The summed E-state index contributed by atoms with van der Waals surface area (Å²) >= 11 is 3.56. The zero-order valence-electron chi connectivity index (χ0n) is 11.3. The molecule has 0 amide bonds. The van der Waals surface area contributed by atoms with Gasteiger partial charge in [0, 0.05) is 12.4 Å². The fourth-order valence-corrected chi connectivity index (χ4v) is 1.82. The van der Waals surface area contributed by atoms with Gasteiger partial charge in [-0.1, -0.05) is 18.9 Å². The van der Waals surface area contributed by atoms with Crippen molar-refractivity contribution in [2.24, 2.45) is 0 Å². The highest BCUT2D eigenvalue weighted by Crippen LogP contribution is 2.37. The molecule has 1 aromatic heterocycles. The van der Waals surface area contributed by atoms with Crippen molar-refractivity contribution in [2.45, 2.75) is 12.2 Å². The molecule has 0 spiro atoms. The molecule has 2 aromatic rings. The van der Waals surface area contributed by atoms with Gasteiger partial charge in [-0.2, -0.15) is 13.2 Å². The first-order valence-corrected chi connectivity index (χ1v) is 6.27. The van der Waals surface area contributed by atoms with E-state index < -0.39 is 29.4 Å². The van der Waals surface area contributed by atoms with Gasteiger partial charge >= 0.3 is 6.18 Å². The fraction of sp³-hybridized carbons (Fsp3) is 0.231. The van der Waals surface area contributed by atoms with Crippen LogP contribution in [0.15, 0.2) is 43.0 Å². The molecule has 0 bridgehead atoms. The molecule has 1 atom stereocenters.